The van der Waals surface area contributed by atoms with Crippen LogP contribution in [0.25, 0.3) is 0 Å². The Balaban J connectivity index is 1.86. The van der Waals surface area contributed by atoms with Crippen LogP contribution in [0.2, 0.25) is 0 Å². The lowest BCUT2D eigenvalue weighted by Gasteiger charge is -2.04. The minimum Gasteiger partial charge on any atom is -0.395 e. The van der Waals surface area contributed by atoms with Crippen molar-refractivity contribution in [2.75, 3.05) is 18.5 Å². The molecular formula is C14H16F2N4O2. The van der Waals surface area contributed by atoms with E-state index in [0.717, 1.165) is 12.1 Å². The Bertz CT molecular complexity index is 646. The van der Waals surface area contributed by atoms with Crippen molar-refractivity contribution < 1.29 is 18.7 Å². The number of amides is 1. The average Bonchev–Trinajstić information content (AvgIpc) is 2.94. The van der Waals surface area contributed by atoms with E-state index >= 15 is 0 Å². The summed E-state index contributed by atoms with van der Waals surface area (Å²) in [7, 11) is 0. The number of carbonyl (C=O) groups is 1. The van der Waals surface area contributed by atoms with Crippen molar-refractivity contribution in [3.63, 3.8) is 0 Å². The van der Waals surface area contributed by atoms with Crippen LogP contribution in [-0.4, -0.2) is 33.9 Å². The molecule has 2 rings (SSSR count). The second-order valence-corrected chi connectivity index (χ2v) is 4.60. The third-order valence-corrected chi connectivity index (χ3v) is 2.85. The number of halogens is 2. The Kier molecular flexibility index (Phi) is 5.42. The number of benzene rings is 1. The van der Waals surface area contributed by atoms with E-state index in [9.17, 15) is 13.6 Å². The quantitative estimate of drug-likeness (QED) is 0.709. The van der Waals surface area contributed by atoms with E-state index in [4.69, 9.17) is 5.11 Å². The first-order valence-electron chi connectivity index (χ1n) is 6.66. The Morgan fingerprint density at radius 1 is 1.32 bits per heavy atom. The molecule has 1 heterocycles. The second-order valence-electron chi connectivity index (χ2n) is 4.60. The van der Waals surface area contributed by atoms with Crippen molar-refractivity contribution in [3.05, 3.63) is 47.8 Å². The maximum atomic E-state index is 13.1. The Morgan fingerprint density at radius 2 is 2.14 bits per heavy atom. The molecule has 0 aliphatic carbocycles. The molecule has 0 saturated carbocycles. The molecule has 1 amide bonds. The smallest absolute Gasteiger partial charge is 0.241 e. The van der Waals surface area contributed by atoms with Gasteiger partial charge < -0.3 is 15.7 Å². The largest absolute Gasteiger partial charge is 0.395 e. The van der Waals surface area contributed by atoms with Crippen molar-refractivity contribution in [2.45, 2.75) is 13.1 Å². The SMILES string of the molecule is O=C(Cn1cc(NCc2ccc(F)c(F)c2)cn1)NCCO. The normalized spacial score (nSPS) is 10.5. The highest BCUT2D eigenvalue weighted by molar-refractivity contribution is 5.75. The summed E-state index contributed by atoms with van der Waals surface area (Å²) in [4.78, 5) is 11.4. The van der Waals surface area contributed by atoms with Crippen molar-refractivity contribution in [1.82, 2.24) is 15.1 Å². The van der Waals surface area contributed by atoms with Gasteiger partial charge in [0.2, 0.25) is 5.91 Å². The third kappa shape index (κ3) is 4.52. The van der Waals surface area contributed by atoms with E-state index in [0.29, 0.717) is 17.8 Å². The number of aliphatic hydroxyl groups is 1. The van der Waals surface area contributed by atoms with Gasteiger partial charge in [-0.15, -0.1) is 0 Å². The van der Waals surface area contributed by atoms with Crippen LogP contribution >= 0.6 is 0 Å². The highest BCUT2D eigenvalue weighted by Crippen LogP contribution is 2.11. The molecule has 0 aliphatic heterocycles. The van der Waals surface area contributed by atoms with Crippen LogP contribution in [0.5, 0.6) is 0 Å². The van der Waals surface area contributed by atoms with Gasteiger partial charge in [0.15, 0.2) is 11.6 Å². The van der Waals surface area contributed by atoms with Crippen molar-refractivity contribution in [3.8, 4) is 0 Å². The van der Waals surface area contributed by atoms with Crippen LogP contribution in [0.3, 0.4) is 0 Å². The Morgan fingerprint density at radius 3 is 2.86 bits per heavy atom. The summed E-state index contributed by atoms with van der Waals surface area (Å²) < 4.78 is 27.3. The van der Waals surface area contributed by atoms with Gasteiger partial charge in [-0.05, 0) is 17.7 Å². The van der Waals surface area contributed by atoms with E-state index in [2.05, 4.69) is 15.7 Å². The number of rotatable bonds is 7. The summed E-state index contributed by atoms with van der Waals surface area (Å²) in [5.41, 5.74) is 1.24. The molecule has 8 heteroatoms. The maximum Gasteiger partial charge on any atom is 0.241 e. The summed E-state index contributed by atoms with van der Waals surface area (Å²) in [6, 6.07) is 3.68. The van der Waals surface area contributed by atoms with E-state index in [1.54, 1.807) is 6.20 Å². The number of nitrogens with one attached hydrogen (secondary N) is 2. The third-order valence-electron chi connectivity index (χ3n) is 2.85. The Labute approximate surface area is 125 Å². The van der Waals surface area contributed by atoms with E-state index in [1.807, 2.05) is 0 Å². The summed E-state index contributed by atoms with van der Waals surface area (Å²) >= 11 is 0. The van der Waals surface area contributed by atoms with Crippen LogP contribution in [-0.2, 0) is 17.9 Å². The lowest BCUT2D eigenvalue weighted by Crippen LogP contribution is -2.30. The zero-order valence-electron chi connectivity index (χ0n) is 11.7. The number of carbonyl (C=O) groups excluding carboxylic acids is 1. The minimum atomic E-state index is -0.893. The first-order valence-corrected chi connectivity index (χ1v) is 6.66. The number of anilines is 1. The topological polar surface area (TPSA) is 79.2 Å². The van der Waals surface area contributed by atoms with Gasteiger partial charge in [-0.1, -0.05) is 6.07 Å². The van der Waals surface area contributed by atoms with Crippen LogP contribution in [0.1, 0.15) is 5.56 Å². The molecule has 0 aliphatic rings. The fourth-order valence-electron chi connectivity index (χ4n) is 1.79. The lowest BCUT2D eigenvalue weighted by molar-refractivity contribution is -0.122. The molecule has 1 aromatic heterocycles. The fourth-order valence-corrected chi connectivity index (χ4v) is 1.79. The van der Waals surface area contributed by atoms with Gasteiger partial charge in [-0.25, -0.2) is 8.78 Å². The van der Waals surface area contributed by atoms with Gasteiger partial charge in [0, 0.05) is 19.3 Å². The average molecular weight is 310 g/mol. The predicted octanol–water partition coefficient (Wildman–Crippen LogP) is 0.882. The molecule has 6 nitrogen and oxygen atoms in total. The van der Waals surface area contributed by atoms with Crippen molar-refractivity contribution >= 4 is 11.6 Å². The maximum absolute atomic E-state index is 13.1. The van der Waals surface area contributed by atoms with Gasteiger partial charge in [-0.2, -0.15) is 5.10 Å². The molecule has 0 spiro atoms. The molecule has 0 radical (unpaired) electrons. The van der Waals surface area contributed by atoms with Gasteiger partial charge in [0.05, 0.1) is 18.5 Å². The van der Waals surface area contributed by atoms with Gasteiger partial charge in [-0.3, -0.25) is 9.48 Å². The van der Waals surface area contributed by atoms with Crippen LogP contribution in [0.15, 0.2) is 30.6 Å². The van der Waals surface area contributed by atoms with Gasteiger partial charge in [0.1, 0.15) is 6.54 Å². The number of nitrogens with zero attached hydrogens (tertiary/aromatic N) is 2. The zero-order valence-corrected chi connectivity index (χ0v) is 11.7. The van der Waals surface area contributed by atoms with E-state index in [1.165, 1.54) is 16.9 Å². The predicted molar refractivity (Wildman–Crippen MR) is 76.0 cm³/mol. The Hall–Kier alpha value is -2.48. The van der Waals surface area contributed by atoms with E-state index < -0.39 is 11.6 Å². The minimum absolute atomic E-state index is 0.0346. The molecule has 118 valence electrons. The van der Waals surface area contributed by atoms with Gasteiger partial charge in [0.25, 0.3) is 0 Å². The summed E-state index contributed by atoms with van der Waals surface area (Å²) in [6.45, 7) is 0.416. The summed E-state index contributed by atoms with van der Waals surface area (Å²) in [6.07, 6.45) is 3.15. The summed E-state index contributed by atoms with van der Waals surface area (Å²) in [5, 5.41) is 18.1. The summed E-state index contributed by atoms with van der Waals surface area (Å²) in [5.74, 6) is -2.04. The zero-order chi connectivity index (χ0) is 15.9. The second kappa shape index (κ2) is 7.51. The van der Waals surface area contributed by atoms with E-state index in [-0.39, 0.29) is 25.6 Å². The van der Waals surface area contributed by atoms with Crippen LogP contribution in [0, 0.1) is 11.6 Å². The molecule has 0 atom stereocenters. The molecule has 22 heavy (non-hydrogen) atoms. The monoisotopic (exact) mass is 310 g/mol. The first kappa shape index (κ1) is 15.9. The standard InChI is InChI=1S/C14H16F2N4O2/c15-12-2-1-10(5-13(12)16)6-18-11-7-19-20(8-11)9-14(22)17-3-4-21/h1-2,5,7-8,18,21H,3-4,6,9H2,(H,17,22). The van der Waals surface area contributed by atoms with Crippen LogP contribution in [0.4, 0.5) is 14.5 Å². The number of aromatic nitrogens is 2. The highest BCUT2D eigenvalue weighted by Gasteiger charge is 2.05. The number of hydrogen-bond donors (Lipinski definition) is 3. The molecule has 0 unspecified atom stereocenters. The fraction of sp³-hybridized carbons (Fsp3) is 0.286. The molecule has 3 N–H and O–H groups in total. The lowest BCUT2D eigenvalue weighted by atomic mass is 10.2. The van der Waals surface area contributed by atoms with Crippen molar-refractivity contribution in [1.29, 1.82) is 0 Å². The highest BCUT2D eigenvalue weighted by atomic mass is 19.2. The molecule has 0 bridgehead atoms. The molecular weight excluding hydrogens is 294 g/mol. The first-order chi connectivity index (χ1) is 10.6. The molecule has 1 aromatic carbocycles. The molecule has 2 aromatic rings. The molecule has 0 saturated heterocycles. The molecule has 0 fully saturated rings. The number of hydrogen-bond acceptors (Lipinski definition) is 4. The van der Waals surface area contributed by atoms with Gasteiger partial charge >= 0.3 is 0 Å². The van der Waals surface area contributed by atoms with Crippen LogP contribution < -0.4 is 10.6 Å². The van der Waals surface area contributed by atoms with Crippen molar-refractivity contribution in [2.24, 2.45) is 0 Å². The number of aliphatic hydroxyl groups excluding tert-OH is 1.